The summed E-state index contributed by atoms with van der Waals surface area (Å²) in [6.45, 7) is 11.0. The summed E-state index contributed by atoms with van der Waals surface area (Å²) in [5, 5.41) is 0.138. The monoisotopic (exact) mass is 268 g/mol. The van der Waals surface area contributed by atoms with Gasteiger partial charge in [0.05, 0.1) is 14.2 Å². The lowest BCUT2D eigenvalue weighted by Gasteiger charge is -2.37. The maximum Gasteiger partial charge on any atom is 0.250 e. The summed E-state index contributed by atoms with van der Waals surface area (Å²) in [6.07, 6.45) is 0. The van der Waals surface area contributed by atoms with Crippen molar-refractivity contribution in [3.8, 4) is 17.2 Å². The maximum absolute atomic E-state index is 6.30. The average Bonchev–Trinajstić information content (AvgIpc) is 2.27. The Bertz CT molecular complexity index is 386. The molecule has 0 radical (unpaired) electrons. The minimum absolute atomic E-state index is 0.138. The van der Waals surface area contributed by atoms with E-state index in [1.54, 1.807) is 14.2 Å². The Morgan fingerprint density at radius 2 is 1.39 bits per heavy atom. The zero-order valence-electron chi connectivity index (χ0n) is 12.5. The van der Waals surface area contributed by atoms with Crippen LogP contribution in [0.5, 0.6) is 17.2 Å². The van der Waals surface area contributed by atoms with Crippen LogP contribution in [0.1, 0.15) is 20.8 Å². The van der Waals surface area contributed by atoms with Crippen molar-refractivity contribution in [2.24, 2.45) is 0 Å². The molecule has 0 saturated heterocycles. The number of ether oxygens (including phenoxy) is 2. The first kappa shape index (κ1) is 14.9. The molecular formula is C14H24O3Si. The molecule has 0 heterocycles. The summed E-state index contributed by atoms with van der Waals surface area (Å²) in [7, 11) is 1.39. The topological polar surface area (TPSA) is 27.7 Å². The Hall–Kier alpha value is -1.16. The van der Waals surface area contributed by atoms with E-state index in [1.165, 1.54) is 0 Å². The van der Waals surface area contributed by atoms with E-state index in [0.717, 1.165) is 11.5 Å². The van der Waals surface area contributed by atoms with E-state index in [4.69, 9.17) is 13.9 Å². The minimum Gasteiger partial charge on any atom is -0.539 e. The average molecular weight is 268 g/mol. The van der Waals surface area contributed by atoms with Crippen molar-refractivity contribution in [1.29, 1.82) is 0 Å². The summed E-state index contributed by atoms with van der Waals surface area (Å²) in [5.41, 5.74) is 0. The SMILES string of the molecule is COc1cccc(OC)c1O[Si](C)(C)C(C)(C)C. The predicted molar refractivity (Wildman–Crippen MR) is 77.4 cm³/mol. The molecule has 0 amide bonds. The van der Waals surface area contributed by atoms with Crippen LogP contribution in [0.3, 0.4) is 0 Å². The van der Waals surface area contributed by atoms with E-state index in [0.29, 0.717) is 5.75 Å². The quantitative estimate of drug-likeness (QED) is 0.770. The van der Waals surface area contributed by atoms with E-state index in [1.807, 2.05) is 18.2 Å². The van der Waals surface area contributed by atoms with Gasteiger partial charge in [0.25, 0.3) is 8.32 Å². The van der Waals surface area contributed by atoms with Gasteiger partial charge in [0.2, 0.25) is 0 Å². The van der Waals surface area contributed by atoms with Crippen LogP contribution >= 0.6 is 0 Å². The molecule has 1 aromatic rings. The predicted octanol–water partition coefficient (Wildman–Crippen LogP) is 4.09. The Labute approximate surface area is 111 Å². The molecule has 18 heavy (non-hydrogen) atoms. The Morgan fingerprint density at radius 1 is 0.944 bits per heavy atom. The van der Waals surface area contributed by atoms with Gasteiger partial charge >= 0.3 is 0 Å². The van der Waals surface area contributed by atoms with Gasteiger partial charge in [-0.25, -0.2) is 0 Å². The molecule has 1 aromatic carbocycles. The van der Waals surface area contributed by atoms with Crippen molar-refractivity contribution < 1.29 is 13.9 Å². The van der Waals surface area contributed by atoms with Gasteiger partial charge in [0, 0.05) is 0 Å². The molecular weight excluding hydrogens is 244 g/mol. The second-order valence-electron chi connectivity index (χ2n) is 5.85. The van der Waals surface area contributed by atoms with Crippen LogP contribution in [0, 0.1) is 0 Å². The number of hydrogen-bond acceptors (Lipinski definition) is 3. The first-order valence-corrected chi connectivity index (χ1v) is 9.04. The molecule has 102 valence electrons. The molecule has 0 bridgehead atoms. The summed E-state index contributed by atoms with van der Waals surface area (Å²) < 4.78 is 17.0. The van der Waals surface area contributed by atoms with Crippen molar-refractivity contribution in [2.75, 3.05) is 14.2 Å². The fraction of sp³-hybridized carbons (Fsp3) is 0.571. The summed E-state index contributed by atoms with van der Waals surface area (Å²) in [4.78, 5) is 0. The van der Waals surface area contributed by atoms with Gasteiger partial charge in [-0.2, -0.15) is 0 Å². The number of benzene rings is 1. The van der Waals surface area contributed by atoms with Crippen LogP contribution in [0.25, 0.3) is 0 Å². The van der Waals surface area contributed by atoms with Crippen LogP contribution in [0.2, 0.25) is 18.1 Å². The highest BCUT2D eigenvalue weighted by Gasteiger charge is 2.40. The Balaban J connectivity index is 3.17. The summed E-state index contributed by atoms with van der Waals surface area (Å²) >= 11 is 0. The number of rotatable bonds is 4. The van der Waals surface area contributed by atoms with E-state index < -0.39 is 8.32 Å². The second kappa shape index (κ2) is 5.22. The fourth-order valence-electron chi connectivity index (χ4n) is 1.33. The number of hydrogen-bond donors (Lipinski definition) is 0. The molecule has 0 aliphatic carbocycles. The van der Waals surface area contributed by atoms with Crippen molar-refractivity contribution in [1.82, 2.24) is 0 Å². The van der Waals surface area contributed by atoms with E-state index >= 15 is 0 Å². The second-order valence-corrected chi connectivity index (χ2v) is 10.6. The molecule has 4 heteroatoms. The highest BCUT2D eigenvalue weighted by Crippen LogP contribution is 2.43. The van der Waals surface area contributed by atoms with E-state index in [2.05, 4.69) is 33.9 Å². The molecule has 0 fully saturated rings. The molecule has 0 aliphatic heterocycles. The van der Waals surface area contributed by atoms with Gasteiger partial charge in [-0.05, 0) is 30.3 Å². The highest BCUT2D eigenvalue weighted by molar-refractivity contribution is 6.74. The Kier molecular flexibility index (Phi) is 4.32. The van der Waals surface area contributed by atoms with Crippen LogP contribution in [0.4, 0.5) is 0 Å². The zero-order valence-corrected chi connectivity index (χ0v) is 13.5. The van der Waals surface area contributed by atoms with Crippen molar-refractivity contribution in [2.45, 2.75) is 38.9 Å². The highest BCUT2D eigenvalue weighted by atomic mass is 28.4. The Morgan fingerprint density at radius 3 is 1.72 bits per heavy atom. The first-order valence-electron chi connectivity index (χ1n) is 6.13. The molecule has 0 unspecified atom stereocenters. The smallest absolute Gasteiger partial charge is 0.250 e. The van der Waals surface area contributed by atoms with Crippen molar-refractivity contribution in [3.05, 3.63) is 18.2 Å². The maximum atomic E-state index is 6.30. The van der Waals surface area contributed by atoms with Crippen LogP contribution < -0.4 is 13.9 Å². The molecule has 0 aromatic heterocycles. The standard InChI is InChI=1S/C14H24O3Si/c1-14(2,3)18(6,7)17-13-11(15-4)9-8-10-12(13)16-5/h8-10H,1-7H3. The zero-order chi connectivity index (χ0) is 14.0. The third kappa shape index (κ3) is 2.99. The summed E-state index contributed by atoms with van der Waals surface area (Å²) in [6, 6.07) is 5.69. The van der Waals surface area contributed by atoms with E-state index in [9.17, 15) is 0 Å². The van der Waals surface area contributed by atoms with Crippen molar-refractivity contribution in [3.63, 3.8) is 0 Å². The first-order chi connectivity index (χ1) is 8.23. The molecule has 0 spiro atoms. The van der Waals surface area contributed by atoms with Gasteiger partial charge < -0.3 is 13.9 Å². The molecule has 1 rings (SSSR count). The molecule has 0 saturated carbocycles. The normalized spacial score (nSPS) is 12.2. The van der Waals surface area contributed by atoms with E-state index in [-0.39, 0.29) is 5.04 Å². The van der Waals surface area contributed by atoms with Gasteiger partial charge in [-0.3, -0.25) is 0 Å². The molecule has 0 N–H and O–H groups in total. The molecule has 0 aliphatic rings. The third-order valence-electron chi connectivity index (χ3n) is 3.55. The third-order valence-corrected chi connectivity index (χ3v) is 7.87. The van der Waals surface area contributed by atoms with Gasteiger partial charge in [0.1, 0.15) is 0 Å². The van der Waals surface area contributed by atoms with Crippen molar-refractivity contribution >= 4 is 8.32 Å². The largest absolute Gasteiger partial charge is 0.539 e. The lowest BCUT2D eigenvalue weighted by Crippen LogP contribution is -2.44. The lowest BCUT2D eigenvalue weighted by atomic mass is 10.2. The van der Waals surface area contributed by atoms with Crippen LogP contribution in [0.15, 0.2) is 18.2 Å². The van der Waals surface area contributed by atoms with Gasteiger partial charge in [0.15, 0.2) is 17.2 Å². The molecule has 3 nitrogen and oxygen atoms in total. The van der Waals surface area contributed by atoms with Crippen LogP contribution in [-0.4, -0.2) is 22.5 Å². The van der Waals surface area contributed by atoms with Gasteiger partial charge in [-0.1, -0.05) is 26.8 Å². The fourth-order valence-corrected chi connectivity index (χ4v) is 2.34. The van der Waals surface area contributed by atoms with Gasteiger partial charge in [-0.15, -0.1) is 0 Å². The number of methoxy groups -OCH3 is 2. The lowest BCUT2D eigenvalue weighted by molar-refractivity contribution is 0.354. The van der Waals surface area contributed by atoms with Crippen LogP contribution in [-0.2, 0) is 0 Å². The summed E-state index contributed by atoms with van der Waals surface area (Å²) in [5.74, 6) is 2.16. The molecule has 0 atom stereocenters. The number of para-hydroxylation sites is 1. The minimum atomic E-state index is -1.90.